The molecule has 0 spiro atoms. The summed E-state index contributed by atoms with van der Waals surface area (Å²) in [5.41, 5.74) is 1.07. The van der Waals surface area contributed by atoms with Gasteiger partial charge in [-0.25, -0.2) is 9.78 Å². The van der Waals surface area contributed by atoms with Crippen LogP contribution in [-0.2, 0) is 4.79 Å². The van der Waals surface area contributed by atoms with Gasteiger partial charge in [0.25, 0.3) is 5.91 Å². The number of nitrogens with one attached hydrogen (secondary N) is 1. The molecule has 2 heterocycles. The fourth-order valence-electron chi connectivity index (χ4n) is 2.93. The Hall–Kier alpha value is -3.65. The standard InChI is InChI=1S/C22H18N2O5S/c1-13-11-23-22(30-13)24-19(25)12-28-16-8-6-14(7-9-16)17-10-15-4-3-5-18(27-2)20(15)29-21(17)26/h3-11H,12H2,1-2H3,(H,23,24,25). The van der Waals surface area contributed by atoms with Gasteiger partial charge in [-0.1, -0.05) is 24.3 Å². The summed E-state index contributed by atoms with van der Waals surface area (Å²) in [4.78, 5) is 29.5. The van der Waals surface area contributed by atoms with E-state index in [1.165, 1.54) is 18.4 Å². The molecule has 4 aromatic rings. The van der Waals surface area contributed by atoms with Crippen LogP contribution >= 0.6 is 11.3 Å². The van der Waals surface area contributed by atoms with Crippen molar-refractivity contribution < 1.29 is 18.7 Å². The lowest BCUT2D eigenvalue weighted by molar-refractivity contribution is -0.118. The van der Waals surface area contributed by atoms with E-state index in [2.05, 4.69) is 10.3 Å². The van der Waals surface area contributed by atoms with Crippen molar-refractivity contribution in [2.45, 2.75) is 6.92 Å². The zero-order valence-electron chi connectivity index (χ0n) is 16.3. The summed E-state index contributed by atoms with van der Waals surface area (Å²) in [6.07, 6.45) is 1.69. The summed E-state index contributed by atoms with van der Waals surface area (Å²) in [6, 6.07) is 14.1. The van der Waals surface area contributed by atoms with Gasteiger partial charge in [0.1, 0.15) is 5.75 Å². The SMILES string of the molecule is COc1cccc2cc(-c3ccc(OCC(=O)Nc4ncc(C)s4)cc3)c(=O)oc12. The molecule has 0 aliphatic rings. The topological polar surface area (TPSA) is 90.7 Å². The molecule has 0 bridgehead atoms. The molecule has 2 aromatic heterocycles. The van der Waals surface area contributed by atoms with Crippen molar-refractivity contribution in [2.24, 2.45) is 0 Å². The van der Waals surface area contributed by atoms with Crippen molar-refractivity contribution in [3.8, 4) is 22.6 Å². The Labute approximate surface area is 175 Å². The minimum absolute atomic E-state index is 0.143. The molecule has 0 saturated carbocycles. The second kappa shape index (κ2) is 8.38. The summed E-state index contributed by atoms with van der Waals surface area (Å²) >= 11 is 1.40. The number of aryl methyl sites for hydroxylation is 1. The third kappa shape index (κ3) is 4.18. The first-order chi connectivity index (χ1) is 14.5. The molecule has 30 heavy (non-hydrogen) atoms. The van der Waals surface area contributed by atoms with Gasteiger partial charge < -0.3 is 13.9 Å². The number of fused-ring (bicyclic) bond motifs is 1. The summed E-state index contributed by atoms with van der Waals surface area (Å²) in [5, 5.41) is 3.98. The van der Waals surface area contributed by atoms with Gasteiger partial charge in [0.15, 0.2) is 23.1 Å². The lowest BCUT2D eigenvalue weighted by Crippen LogP contribution is -2.19. The largest absolute Gasteiger partial charge is 0.493 e. The highest BCUT2D eigenvalue weighted by molar-refractivity contribution is 7.15. The van der Waals surface area contributed by atoms with Gasteiger partial charge in [-0.15, -0.1) is 11.3 Å². The van der Waals surface area contributed by atoms with Crippen LogP contribution in [0.25, 0.3) is 22.1 Å². The van der Waals surface area contributed by atoms with Crippen molar-refractivity contribution in [3.05, 3.63) is 70.0 Å². The lowest BCUT2D eigenvalue weighted by Gasteiger charge is -2.08. The lowest BCUT2D eigenvalue weighted by atomic mass is 10.1. The average molecular weight is 422 g/mol. The summed E-state index contributed by atoms with van der Waals surface area (Å²) in [5.74, 6) is 0.722. The molecule has 0 aliphatic carbocycles. The van der Waals surface area contributed by atoms with E-state index in [4.69, 9.17) is 13.9 Å². The van der Waals surface area contributed by atoms with Crippen molar-refractivity contribution in [3.63, 3.8) is 0 Å². The second-order valence-corrected chi connectivity index (χ2v) is 7.70. The first-order valence-electron chi connectivity index (χ1n) is 9.10. The fraction of sp³-hybridized carbons (Fsp3) is 0.136. The zero-order chi connectivity index (χ0) is 21.1. The Bertz CT molecular complexity index is 1260. The smallest absolute Gasteiger partial charge is 0.344 e. The van der Waals surface area contributed by atoms with Crippen LogP contribution in [0.1, 0.15) is 4.88 Å². The van der Waals surface area contributed by atoms with E-state index in [1.54, 1.807) is 42.6 Å². The number of benzene rings is 2. The minimum Gasteiger partial charge on any atom is -0.493 e. The van der Waals surface area contributed by atoms with Crippen molar-refractivity contribution in [1.29, 1.82) is 0 Å². The molecule has 8 heteroatoms. The summed E-state index contributed by atoms with van der Waals surface area (Å²) in [7, 11) is 1.53. The number of carbonyl (C=O) groups is 1. The number of thiazole rings is 1. The second-order valence-electron chi connectivity index (χ2n) is 6.46. The van der Waals surface area contributed by atoms with Crippen molar-refractivity contribution in [1.82, 2.24) is 4.98 Å². The number of hydrogen-bond donors (Lipinski definition) is 1. The molecule has 1 amide bonds. The van der Waals surface area contributed by atoms with Gasteiger partial charge >= 0.3 is 5.63 Å². The Morgan fingerprint density at radius 2 is 2.00 bits per heavy atom. The number of anilines is 1. The van der Waals surface area contributed by atoms with Crippen LogP contribution in [0, 0.1) is 6.92 Å². The first-order valence-corrected chi connectivity index (χ1v) is 9.91. The van der Waals surface area contributed by atoms with Crippen LogP contribution in [0.3, 0.4) is 0 Å². The van der Waals surface area contributed by atoms with Crippen LogP contribution in [0.2, 0.25) is 0 Å². The molecule has 0 unspecified atom stereocenters. The molecule has 0 atom stereocenters. The predicted molar refractivity (Wildman–Crippen MR) is 115 cm³/mol. The van der Waals surface area contributed by atoms with Crippen LogP contribution in [0.4, 0.5) is 5.13 Å². The van der Waals surface area contributed by atoms with E-state index >= 15 is 0 Å². The molecule has 7 nitrogen and oxygen atoms in total. The third-order valence-electron chi connectivity index (χ3n) is 4.35. The number of rotatable bonds is 6. The molecule has 2 aromatic carbocycles. The highest BCUT2D eigenvalue weighted by Gasteiger charge is 2.12. The number of amides is 1. The molecular formula is C22H18N2O5S. The molecular weight excluding hydrogens is 404 g/mol. The number of methoxy groups -OCH3 is 1. The third-order valence-corrected chi connectivity index (χ3v) is 5.17. The molecule has 0 saturated heterocycles. The van der Waals surface area contributed by atoms with Gasteiger partial charge in [-0.05, 0) is 36.8 Å². The van der Waals surface area contributed by atoms with Gasteiger partial charge in [0.05, 0.1) is 12.7 Å². The maximum atomic E-state index is 12.5. The van der Waals surface area contributed by atoms with Crippen molar-refractivity contribution in [2.75, 3.05) is 19.0 Å². The summed E-state index contributed by atoms with van der Waals surface area (Å²) < 4.78 is 16.2. The van der Waals surface area contributed by atoms with E-state index in [9.17, 15) is 9.59 Å². The van der Waals surface area contributed by atoms with Gasteiger partial charge in [0.2, 0.25) is 0 Å². The fourth-order valence-corrected chi connectivity index (χ4v) is 3.61. The van der Waals surface area contributed by atoms with Gasteiger partial charge in [-0.3, -0.25) is 10.1 Å². The number of para-hydroxylation sites is 1. The monoisotopic (exact) mass is 422 g/mol. The van der Waals surface area contributed by atoms with Crippen LogP contribution in [-0.4, -0.2) is 24.6 Å². The number of carbonyl (C=O) groups excluding carboxylic acids is 1. The van der Waals surface area contributed by atoms with E-state index in [0.29, 0.717) is 33.3 Å². The highest BCUT2D eigenvalue weighted by Crippen LogP contribution is 2.28. The van der Waals surface area contributed by atoms with Crippen LogP contribution < -0.4 is 20.4 Å². The molecule has 0 radical (unpaired) electrons. The molecule has 0 aliphatic heterocycles. The molecule has 1 N–H and O–H groups in total. The number of ether oxygens (including phenoxy) is 2. The Morgan fingerprint density at radius 3 is 2.70 bits per heavy atom. The molecule has 152 valence electrons. The minimum atomic E-state index is -0.459. The maximum absolute atomic E-state index is 12.5. The molecule has 4 rings (SSSR count). The van der Waals surface area contributed by atoms with Gasteiger partial charge in [0, 0.05) is 16.5 Å². The van der Waals surface area contributed by atoms with E-state index in [-0.39, 0.29) is 12.5 Å². The highest BCUT2D eigenvalue weighted by atomic mass is 32.1. The van der Waals surface area contributed by atoms with E-state index < -0.39 is 5.63 Å². The normalized spacial score (nSPS) is 10.7. The number of aromatic nitrogens is 1. The van der Waals surface area contributed by atoms with Gasteiger partial charge in [-0.2, -0.15) is 0 Å². The quantitative estimate of drug-likeness (QED) is 0.467. The Morgan fingerprint density at radius 1 is 1.20 bits per heavy atom. The van der Waals surface area contributed by atoms with E-state index in [0.717, 1.165) is 10.3 Å². The zero-order valence-corrected chi connectivity index (χ0v) is 17.1. The Balaban J connectivity index is 1.47. The van der Waals surface area contributed by atoms with Crippen LogP contribution in [0.15, 0.2) is 63.9 Å². The average Bonchev–Trinajstić information content (AvgIpc) is 3.16. The van der Waals surface area contributed by atoms with E-state index in [1.807, 2.05) is 19.1 Å². The number of nitrogens with zero attached hydrogens (tertiary/aromatic N) is 1. The maximum Gasteiger partial charge on any atom is 0.344 e. The number of hydrogen-bond acceptors (Lipinski definition) is 7. The van der Waals surface area contributed by atoms with Crippen molar-refractivity contribution >= 4 is 33.3 Å². The predicted octanol–water partition coefficient (Wildman–Crippen LogP) is 4.25. The van der Waals surface area contributed by atoms with Crippen LogP contribution in [0.5, 0.6) is 11.5 Å². The summed E-state index contributed by atoms with van der Waals surface area (Å²) in [6.45, 7) is 1.77. The first kappa shape index (κ1) is 19.7. The molecule has 0 fully saturated rings. The Kier molecular flexibility index (Phi) is 5.49.